The minimum Gasteiger partial charge on any atom is -0.341 e. The Bertz CT molecular complexity index is 450. The van der Waals surface area contributed by atoms with E-state index in [0.29, 0.717) is 6.04 Å². The molecule has 0 spiro atoms. The molecule has 2 fully saturated rings. The zero-order valence-electron chi connectivity index (χ0n) is 12.6. The summed E-state index contributed by atoms with van der Waals surface area (Å²) in [5.41, 5.74) is -0.480. The topological polar surface area (TPSA) is 50.2 Å². The van der Waals surface area contributed by atoms with Crippen LogP contribution in [-0.4, -0.2) is 46.8 Å². The highest BCUT2D eigenvalue weighted by Gasteiger charge is 2.45. The van der Waals surface area contributed by atoms with Gasteiger partial charge in [0.05, 0.1) is 0 Å². The summed E-state index contributed by atoms with van der Waals surface area (Å²) in [6.07, 6.45) is 10.1. The maximum Gasteiger partial charge on any atom is 0.250 e. The molecule has 3 rings (SSSR count). The second-order valence-electron chi connectivity index (χ2n) is 6.09. The van der Waals surface area contributed by atoms with Crippen molar-refractivity contribution in [1.82, 2.24) is 20.0 Å². The van der Waals surface area contributed by atoms with Gasteiger partial charge in [-0.05, 0) is 44.8 Å². The van der Waals surface area contributed by atoms with Crippen molar-refractivity contribution >= 4 is 18.3 Å². The van der Waals surface area contributed by atoms with E-state index in [1.807, 2.05) is 28.9 Å². The standard InChI is InChI=1S/C15H24N4O.ClH/c1-18(13-5-2-3-6-13)14(20)15(7-10-16-11-8-15)19-12-4-9-17-19;/h4,9,12-13,16H,2-3,5-8,10-11H2,1H3;1H. The molecule has 21 heavy (non-hydrogen) atoms. The Kier molecular flexibility index (Phi) is 5.27. The fraction of sp³-hybridized carbons (Fsp3) is 0.733. The van der Waals surface area contributed by atoms with Crippen LogP contribution in [0.4, 0.5) is 0 Å². The van der Waals surface area contributed by atoms with Gasteiger partial charge in [0.2, 0.25) is 0 Å². The van der Waals surface area contributed by atoms with Crippen molar-refractivity contribution in [3.8, 4) is 0 Å². The number of hydrogen-bond donors (Lipinski definition) is 1. The summed E-state index contributed by atoms with van der Waals surface area (Å²) < 4.78 is 1.89. The SMILES string of the molecule is CN(C(=O)C1(n2cccn2)CCNCC1)C1CCCC1.Cl. The minimum atomic E-state index is -0.480. The average Bonchev–Trinajstić information content (AvgIpc) is 3.19. The average molecular weight is 313 g/mol. The highest BCUT2D eigenvalue weighted by atomic mass is 35.5. The third-order valence-electron chi connectivity index (χ3n) is 4.96. The van der Waals surface area contributed by atoms with Gasteiger partial charge < -0.3 is 10.2 Å². The maximum absolute atomic E-state index is 13.1. The van der Waals surface area contributed by atoms with E-state index in [2.05, 4.69) is 10.4 Å². The normalized spacial score (nSPS) is 21.8. The molecule has 2 heterocycles. The predicted octanol–water partition coefficient (Wildman–Crippen LogP) is 1.78. The van der Waals surface area contributed by atoms with Gasteiger partial charge >= 0.3 is 0 Å². The molecule has 0 bridgehead atoms. The van der Waals surface area contributed by atoms with Gasteiger partial charge in [-0.3, -0.25) is 9.48 Å². The van der Waals surface area contributed by atoms with E-state index in [0.717, 1.165) is 38.8 Å². The van der Waals surface area contributed by atoms with Crippen LogP contribution in [0.25, 0.3) is 0 Å². The molecular weight excluding hydrogens is 288 g/mol. The minimum absolute atomic E-state index is 0. The molecule has 1 aromatic heterocycles. The molecule has 1 aliphatic heterocycles. The van der Waals surface area contributed by atoms with Crippen LogP contribution in [-0.2, 0) is 10.3 Å². The zero-order valence-corrected chi connectivity index (χ0v) is 13.4. The number of amides is 1. The number of carbonyl (C=O) groups is 1. The maximum atomic E-state index is 13.1. The Morgan fingerprint density at radius 1 is 1.33 bits per heavy atom. The van der Waals surface area contributed by atoms with Crippen LogP contribution in [0, 0.1) is 0 Å². The van der Waals surface area contributed by atoms with Gasteiger partial charge in [0, 0.05) is 25.5 Å². The third kappa shape index (κ3) is 2.94. The van der Waals surface area contributed by atoms with Crippen LogP contribution in [0.1, 0.15) is 38.5 Å². The molecule has 0 radical (unpaired) electrons. The number of aromatic nitrogens is 2. The van der Waals surface area contributed by atoms with Crippen molar-refractivity contribution in [3.05, 3.63) is 18.5 Å². The molecule has 0 atom stereocenters. The first-order valence-corrected chi connectivity index (χ1v) is 7.72. The first-order valence-electron chi connectivity index (χ1n) is 7.72. The Balaban J connectivity index is 0.00000161. The zero-order chi connectivity index (χ0) is 14.0. The molecule has 0 aromatic carbocycles. The summed E-state index contributed by atoms with van der Waals surface area (Å²) in [5, 5.41) is 7.74. The van der Waals surface area contributed by atoms with E-state index < -0.39 is 5.54 Å². The fourth-order valence-corrected chi connectivity index (χ4v) is 3.69. The van der Waals surface area contributed by atoms with Gasteiger partial charge in [0.15, 0.2) is 0 Å². The first kappa shape index (κ1) is 16.3. The smallest absolute Gasteiger partial charge is 0.250 e. The molecule has 1 saturated carbocycles. The van der Waals surface area contributed by atoms with Crippen molar-refractivity contribution in [2.45, 2.75) is 50.1 Å². The Labute approximate surface area is 132 Å². The summed E-state index contributed by atoms with van der Waals surface area (Å²) in [7, 11) is 1.98. The highest BCUT2D eigenvalue weighted by molar-refractivity contribution is 5.85. The van der Waals surface area contributed by atoms with Crippen molar-refractivity contribution in [1.29, 1.82) is 0 Å². The molecule has 118 valence electrons. The number of halogens is 1. The van der Waals surface area contributed by atoms with Crippen molar-refractivity contribution in [3.63, 3.8) is 0 Å². The van der Waals surface area contributed by atoms with E-state index >= 15 is 0 Å². The van der Waals surface area contributed by atoms with Crippen LogP contribution >= 0.6 is 12.4 Å². The number of piperidine rings is 1. The monoisotopic (exact) mass is 312 g/mol. The number of nitrogens with one attached hydrogen (secondary N) is 1. The lowest BCUT2D eigenvalue weighted by atomic mass is 9.86. The Morgan fingerprint density at radius 3 is 2.57 bits per heavy atom. The van der Waals surface area contributed by atoms with Crippen LogP contribution < -0.4 is 5.32 Å². The summed E-state index contributed by atoms with van der Waals surface area (Å²) >= 11 is 0. The summed E-state index contributed by atoms with van der Waals surface area (Å²) in [6, 6.07) is 2.33. The second-order valence-corrected chi connectivity index (χ2v) is 6.09. The molecule has 1 aromatic rings. The van der Waals surface area contributed by atoms with Crippen LogP contribution in [0.5, 0.6) is 0 Å². The number of carbonyl (C=O) groups excluding carboxylic acids is 1. The Morgan fingerprint density at radius 2 is 2.00 bits per heavy atom. The number of hydrogen-bond acceptors (Lipinski definition) is 3. The summed E-state index contributed by atoms with van der Waals surface area (Å²) in [5.74, 6) is 0.245. The summed E-state index contributed by atoms with van der Waals surface area (Å²) in [4.78, 5) is 15.1. The van der Waals surface area contributed by atoms with E-state index in [-0.39, 0.29) is 18.3 Å². The van der Waals surface area contributed by atoms with E-state index in [4.69, 9.17) is 0 Å². The summed E-state index contributed by atoms with van der Waals surface area (Å²) in [6.45, 7) is 1.76. The predicted molar refractivity (Wildman–Crippen MR) is 84.6 cm³/mol. The van der Waals surface area contributed by atoms with Crippen LogP contribution in [0.3, 0.4) is 0 Å². The molecule has 5 nitrogen and oxygen atoms in total. The first-order chi connectivity index (χ1) is 9.74. The lowest BCUT2D eigenvalue weighted by Crippen LogP contribution is -2.56. The second kappa shape index (κ2) is 6.79. The van der Waals surface area contributed by atoms with Crippen molar-refractivity contribution < 1.29 is 4.79 Å². The fourth-order valence-electron chi connectivity index (χ4n) is 3.69. The van der Waals surface area contributed by atoms with Crippen molar-refractivity contribution in [2.75, 3.05) is 20.1 Å². The van der Waals surface area contributed by atoms with E-state index in [1.165, 1.54) is 12.8 Å². The molecule has 0 unspecified atom stereocenters. The molecule has 6 heteroatoms. The molecule has 1 saturated heterocycles. The molecular formula is C15H25ClN4O. The quantitative estimate of drug-likeness (QED) is 0.925. The number of likely N-dealkylation sites (N-methyl/N-ethyl adjacent to an activating group) is 1. The molecule has 2 aliphatic rings. The molecule has 1 amide bonds. The van der Waals surface area contributed by atoms with Gasteiger partial charge in [-0.25, -0.2) is 0 Å². The van der Waals surface area contributed by atoms with Gasteiger partial charge in [-0.15, -0.1) is 12.4 Å². The third-order valence-corrected chi connectivity index (χ3v) is 4.96. The lowest BCUT2D eigenvalue weighted by Gasteiger charge is -2.40. The largest absolute Gasteiger partial charge is 0.341 e. The van der Waals surface area contributed by atoms with Crippen LogP contribution in [0.2, 0.25) is 0 Å². The van der Waals surface area contributed by atoms with Crippen molar-refractivity contribution in [2.24, 2.45) is 0 Å². The highest BCUT2D eigenvalue weighted by Crippen LogP contribution is 2.32. The molecule has 1 N–H and O–H groups in total. The van der Waals surface area contributed by atoms with E-state index in [9.17, 15) is 4.79 Å². The van der Waals surface area contributed by atoms with E-state index in [1.54, 1.807) is 6.20 Å². The van der Waals surface area contributed by atoms with Gasteiger partial charge in [0.25, 0.3) is 5.91 Å². The number of nitrogens with zero attached hydrogens (tertiary/aromatic N) is 3. The molecule has 1 aliphatic carbocycles. The van der Waals surface area contributed by atoms with Crippen LogP contribution in [0.15, 0.2) is 18.5 Å². The van der Waals surface area contributed by atoms with Gasteiger partial charge in [-0.2, -0.15) is 5.10 Å². The Hall–Kier alpha value is -1.07. The number of rotatable bonds is 3. The van der Waals surface area contributed by atoms with Gasteiger partial charge in [-0.1, -0.05) is 12.8 Å². The lowest BCUT2D eigenvalue weighted by molar-refractivity contribution is -0.143. The van der Waals surface area contributed by atoms with Gasteiger partial charge in [0.1, 0.15) is 5.54 Å².